The summed E-state index contributed by atoms with van der Waals surface area (Å²) in [6.45, 7) is 12.3. The quantitative estimate of drug-likeness (QED) is 0.658. The highest BCUT2D eigenvalue weighted by Gasteiger charge is 2.24. The summed E-state index contributed by atoms with van der Waals surface area (Å²) in [4.78, 5) is 15.2. The van der Waals surface area contributed by atoms with Crippen molar-refractivity contribution >= 4 is 17.3 Å². The Balaban J connectivity index is 1.46. The number of nitrogens with zero attached hydrogens (tertiary/aromatic N) is 4. The van der Waals surface area contributed by atoms with Crippen LogP contribution in [0, 0.1) is 19.8 Å². The minimum absolute atomic E-state index is 0.728. The molecule has 0 bridgehead atoms. The first-order valence-electron chi connectivity index (χ1n) is 8.84. The lowest BCUT2D eigenvalue weighted by molar-refractivity contribution is 0.139. The number of aryl methyl sites for hydroxylation is 2. The Hall–Kier alpha value is -1.18. The molecule has 1 atom stereocenters. The van der Waals surface area contributed by atoms with Gasteiger partial charge < -0.3 is 15.0 Å². The zero-order valence-corrected chi connectivity index (χ0v) is 15.9. The highest BCUT2D eigenvalue weighted by molar-refractivity contribution is 7.11. The molecule has 0 amide bonds. The molecule has 1 unspecified atom stereocenters. The summed E-state index contributed by atoms with van der Waals surface area (Å²) in [6, 6.07) is 0. The average molecular weight is 352 g/mol. The van der Waals surface area contributed by atoms with Crippen LogP contribution in [0.1, 0.15) is 22.0 Å². The van der Waals surface area contributed by atoms with Gasteiger partial charge in [0.15, 0.2) is 5.96 Å². The van der Waals surface area contributed by atoms with Gasteiger partial charge in [-0.25, -0.2) is 4.98 Å². The van der Waals surface area contributed by atoms with E-state index in [1.54, 1.807) is 11.3 Å². The second kappa shape index (κ2) is 8.27. The van der Waals surface area contributed by atoms with Gasteiger partial charge in [0, 0.05) is 51.3 Å². The molecule has 1 aromatic heterocycles. The topological polar surface area (TPSA) is 53.0 Å². The van der Waals surface area contributed by atoms with E-state index < -0.39 is 0 Å². The number of thiazole rings is 1. The van der Waals surface area contributed by atoms with Crippen LogP contribution < -0.4 is 5.32 Å². The SMILES string of the molecule is CN=C(NCc1sc(C)nc1C)N1CCN(CC2CCOC2)CC1. The Morgan fingerprint density at radius 2 is 2.12 bits per heavy atom. The Bertz CT molecular complexity index is 559. The molecule has 6 nitrogen and oxygen atoms in total. The van der Waals surface area contributed by atoms with Crippen molar-refractivity contribution in [2.45, 2.75) is 26.8 Å². The normalized spacial score (nSPS) is 23.0. The number of aliphatic imine (C=N–C) groups is 1. The monoisotopic (exact) mass is 351 g/mol. The van der Waals surface area contributed by atoms with Crippen molar-refractivity contribution in [1.29, 1.82) is 0 Å². The zero-order valence-electron chi connectivity index (χ0n) is 15.0. The van der Waals surface area contributed by atoms with Crippen molar-refractivity contribution in [2.24, 2.45) is 10.9 Å². The van der Waals surface area contributed by atoms with Crippen molar-refractivity contribution in [1.82, 2.24) is 20.1 Å². The summed E-state index contributed by atoms with van der Waals surface area (Å²) >= 11 is 1.76. The molecule has 24 heavy (non-hydrogen) atoms. The molecule has 7 heteroatoms. The van der Waals surface area contributed by atoms with E-state index in [1.807, 2.05) is 7.05 Å². The molecular weight excluding hydrogens is 322 g/mol. The molecule has 1 aromatic rings. The van der Waals surface area contributed by atoms with Gasteiger partial charge in [-0.05, 0) is 26.2 Å². The summed E-state index contributed by atoms with van der Waals surface area (Å²) in [7, 11) is 1.87. The fourth-order valence-corrected chi connectivity index (χ4v) is 4.34. The van der Waals surface area contributed by atoms with Gasteiger partial charge in [-0.1, -0.05) is 0 Å². The largest absolute Gasteiger partial charge is 0.381 e. The highest BCUT2D eigenvalue weighted by atomic mass is 32.1. The molecule has 0 spiro atoms. The summed E-state index contributed by atoms with van der Waals surface area (Å²) in [5.41, 5.74) is 1.13. The van der Waals surface area contributed by atoms with Gasteiger partial charge in [-0.15, -0.1) is 11.3 Å². The van der Waals surface area contributed by atoms with Crippen LogP contribution in [-0.2, 0) is 11.3 Å². The van der Waals surface area contributed by atoms with Gasteiger partial charge >= 0.3 is 0 Å². The van der Waals surface area contributed by atoms with E-state index in [-0.39, 0.29) is 0 Å². The first-order valence-corrected chi connectivity index (χ1v) is 9.66. The number of ether oxygens (including phenoxy) is 1. The zero-order chi connectivity index (χ0) is 16.9. The third kappa shape index (κ3) is 4.46. The fourth-order valence-electron chi connectivity index (χ4n) is 3.46. The molecular formula is C17H29N5OS. The lowest BCUT2D eigenvalue weighted by Gasteiger charge is -2.37. The maximum absolute atomic E-state index is 5.49. The van der Waals surface area contributed by atoms with E-state index in [4.69, 9.17) is 4.74 Å². The Morgan fingerprint density at radius 1 is 1.33 bits per heavy atom. The highest BCUT2D eigenvalue weighted by Crippen LogP contribution is 2.17. The van der Waals surface area contributed by atoms with Crippen LogP contribution in [0.25, 0.3) is 0 Å². The molecule has 0 saturated carbocycles. The number of hydrogen-bond donors (Lipinski definition) is 1. The first kappa shape index (κ1) is 17.6. The molecule has 0 aromatic carbocycles. The van der Waals surface area contributed by atoms with Crippen LogP contribution in [0.4, 0.5) is 0 Å². The standard InChI is InChI=1S/C17H29N5OS/c1-13-16(24-14(2)20-13)10-19-17(18-3)22-7-5-21(6-8-22)11-15-4-9-23-12-15/h15H,4-12H2,1-3H3,(H,18,19). The Kier molecular flexibility index (Phi) is 6.08. The molecule has 2 saturated heterocycles. The fraction of sp³-hybridized carbons (Fsp3) is 0.765. The molecule has 3 heterocycles. The van der Waals surface area contributed by atoms with Crippen LogP contribution >= 0.6 is 11.3 Å². The molecule has 134 valence electrons. The number of nitrogens with one attached hydrogen (secondary N) is 1. The van der Waals surface area contributed by atoms with Crippen molar-refractivity contribution in [3.8, 4) is 0 Å². The second-order valence-corrected chi connectivity index (χ2v) is 7.95. The van der Waals surface area contributed by atoms with E-state index in [2.05, 4.69) is 38.9 Å². The lowest BCUT2D eigenvalue weighted by atomic mass is 10.1. The van der Waals surface area contributed by atoms with Crippen molar-refractivity contribution in [2.75, 3.05) is 53.0 Å². The van der Waals surface area contributed by atoms with E-state index in [9.17, 15) is 0 Å². The lowest BCUT2D eigenvalue weighted by Crippen LogP contribution is -2.53. The minimum Gasteiger partial charge on any atom is -0.381 e. The molecule has 1 N–H and O–H groups in total. The third-order valence-corrected chi connectivity index (χ3v) is 5.90. The number of rotatable bonds is 4. The minimum atomic E-state index is 0.728. The molecule has 2 fully saturated rings. The summed E-state index contributed by atoms with van der Waals surface area (Å²) in [6.07, 6.45) is 1.22. The van der Waals surface area contributed by atoms with Crippen molar-refractivity contribution in [3.05, 3.63) is 15.6 Å². The van der Waals surface area contributed by atoms with Gasteiger partial charge in [-0.2, -0.15) is 0 Å². The van der Waals surface area contributed by atoms with Crippen LogP contribution in [0.3, 0.4) is 0 Å². The number of aromatic nitrogens is 1. The van der Waals surface area contributed by atoms with Gasteiger partial charge in [0.25, 0.3) is 0 Å². The van der Waals surface area contributed by atoms with E-state index in [1.165, 1.54) is 17.8 Å². The van der Waals surface area contributed by atoms with Gasteiger partial charge in [0.05, 0.1) is 23.9 Å². The summed E-state index contributed by atoms with van der Waals surface area (Å²) in [5, 5.41) is 4.63. The van der Waals surface area contributed by atoms with Crippen LogP contribution in [-0.4, -0.2) is 73.7 Å². The Labute approximate surface area is 148 Å². The van der Waals surface area contributed by atoms with E-state index >= 15 is 0 Å². The third-order valence-electron chi connectivity index (χ3n) is 4.83. The Morgan fingerprint density at radius 3 is 2.71 bits per heavy atom. The van der Waals surface area contributed by atoms with Crippen molar-refractivity contribution < 1.29 is 4.74 Å². The molecule has 0 aliphatic carbocycles. The first-order chi connectivity index (χ1) is 11.7. The number of guanidine groups is 1. The predicted molar refractivity (Wildman–Crippen MR) is 98.7 cm³/mol. The second-order valence-electron chi connectivity index (χ2n) is 6.66. The van der Waals surface area contributed by atoms with Crippen LogP contribution in [0.2, 0.25) is 0 Å². The van der Waals surface area contributed by atoms with E-state index in [0.29, 0.717) is 0 Å². The maximum Gasteiger partial charge on any atom is 0.194 e. The van der Waals surface area contributed by atoms with Crippen LogP contribution in [0.15, 0.2) is 4.99 Å². The smallest absolute Gasteiger partial charge is 0.194 e. The molecule has 2 aliphatic heterocycles. The van der Waals surface area contributed by atoms with Gasteiger partial charge in [0.1, 0.15) is 0 Å². The van der Waals surface area contributed by atoms with Gasteiger partial charge in [-0.3, -0.25) is 9.89 Å². The molecule has 2 aliphatic rings. The summed E-state index contributed by atoms with van der Waals surface area (Å²) in [5.74, 6) is 1.73. The summed E-state index contributed by atoms with van der Waals surface area (Å²) < 4.78 is 5.49. The molecule has 3 rings (SSSR count). The predicted octanol–water partition coefficient (Wildman–Crippen LogP) is 1.49. The van der Waals surface area contributed by atoms with E-state index in [0.717, 1.165) is 68.5 Å². The maximum atomic E-state index is 5.49. The average Bonchev–Trinajstić information content (AvgIpc) is 3.19. The number of hydrogen-bond acceptors (Lipinski definition) is 5. The number of piperazine rings is 1. The van der Waals surface area contributed by atoms with Crippen molar-refractivity contribution in [3.63, 3.8) is 0 Å². The van der Waals surface area contributed by atoms with Crippen LogP contribution in [0.5, 0.6) is 0 Å². The van der Waals surface area contributed by atoms with Gasteiger partial charge in [0.2, 0.25) is 0 Å². The molecule has 0 radical (unpaired) electrons.